The van der Waals surface area contributed by atoms with Crippen molar-refractivity contribution in [1.29, 1.82) is 0 Å². The second-order valence-corrected chi connectivity index (χ2v) is 9.65. The third-order valence-corrected chi connectivity index (χ3v) is 6.94. The number of halogens is 1. The fourth-order valence-corrected chi connectivity index (χ4v) is 4.88. The minimum absolute atomic E-state index is 0.0858. The summed E-state index contributed by atoms with van der Waals surface area (Å²) in [7, 11) is 0. The van der Waals surface area contributed by atoms with Gasteiger partial charge in [0, 0.05) is 34.1 Å². The lowest BCUT2D eigenvalue weighted by Gasteiger charge is -2.26. The van der Waals surface area contributed by atoms with Crippen molar-refractivity contribution in [3.63, 3.8) is 0 Å². The first kappa shape index (κ1) is 25.4. The molecule has 5 rings (SSSR count). The van der Waals surface area contributed by atoms with Gasteiger partial charge in [0.15, 0.2) is 5.78 Å². The highest BCUT2D eigenvalue weighted by Crippen LogP contribution is 2.39. The van der Waals surface area contributed by atoms with E-state index in [0.717, 1.165) is 28.0 Å². The van der Waals surface area contributed by atoms with Crippen LogP contribution in [-0.4, -0.2) is 11.5 Å². The van der Waals surface area contributed by atoms with Crippen LogP contribution in [0.15, 0.2) is 151 Å². The lowest BCUT2D eigenvalue weighted by atomic mass is 9.82. The average Bonchev–Trinajstić information content (AvgIpc) is 2.99. The molecule has 38 heavy (non-hydrogen) atoms. The van der Waals surface area contributed by atoms with Gasteiger partial charge in [-0.2, -0.15) is 0 Å². The molecule has 0 aromatic heterocycles. The quantitative estimate of drug-likeness (QED) is 0.143. The molecule has 5 aromatic rings. The van der Waals surface area contributed by atoms with Gasteiger partial charge < -0.3 is 0 Å². The first-order valence-electron chi connectivity index (χ1n) is 12.8. The second-order valence-electron chi connectivity index (χ2n) is 9.22. The van der Waals surface area contributed by atoms with Crippen molar-refractivity contribution in [3.8, 4) is 0 Å². The largest absolute Gasteiger partial charge is 0.294 e. The fourth-order valence-electron chi connectivity index (χ4n) is 4.76. The molecule has 0 spiro atoms. The van der Waals surface area contributed by atoms with Gasteiger partial charge in [0.2, 0.25) is 0 Å². The molecule has 2 atom stereocenters. The van der Waals surface area contributed by atoms with Gasteiger partial charge in [-0.3, -0.25) is 9.79 Å². The molecule has 0 unspecified atom stereocenters. The van der Waals surface area contributed by atoms with Gasteiger partial charge in [-0.1, -0.05) is 145 Å². The summed E-state index contributed by atoms with van der Waals surface area (Å²) in [6.07, 6.45) is 0.311. The minimum Gasteiger partial charge on any atom is -0.294 e. The van der Waals surface area contributed by atoms with E-state index in [2.05, 4.69) is 36.4 Å². The van der Waals surface area contributed by atoms with Gasteiger partial charge in [0.25, 0.3) is 0 Å². The maximum Gasteiger partial charge on any atom is 0.163 e. The number of benzene rings is 5. The second kappa shape index (κ2) is 12.3. The Balaban J connectivity index is 1.69. The number of aliphatic imine (C=N–C) groups is 1. The minimum atomic E-state index is -0.305. The molecular weight excluding hydrogens is 486 g/mol. The highest BCUT2D eigenvalue weighted by Gasteiger charge is 2.28. The molecule has 5 aromatic carbocycles. The van der Waals surface area contributed by atoms with Gasteiger partial charge >= 0.3 is 0 Å². The Hall–Kier alpha value is -4.27. The predicted octanol–water partition coefficient (Wildman–Crippen LogP) is 8.98. The number of Topliss-reactive ketones (excluding diaryl/α,β-unsaturated/α-hetero) is 1. The van der Waals surface area contributed by atoms with Crippen LogP contribution in [0.2, 0.25) is 5.02 Å². The number of nitrogens with zero attached hydrogens (tertiary/aromatic N) is 1. The van der Waals surface area contributed by atoms with Crippen molar-refractivity contribution in [3.05, 3.63) is 178 Å². The van der Waals surface area contributed by atoms with Crippen LogP contribution in [0.3, 0.4) is 0 Å². The van der Waals surface area contributed by atoms with Crippen LogP contribution >= 0.6 is 11.6 Å². The molecule has 0 aliphatic carbocycles. The Morgan fingerprint density at radius 2 is 1.00 bits per heavy atom. The smallest absolute Gasteiger partial charge is 0.163 e. The van der Waals surface area contributed by atoms with E-state index in [9.17, 15) is 4.79 Å². The van der Waals surface area contributed by atoms with Gasteiger partial charge in [-0.25, -0.2) is 0 Å². The third-order valence-electron chi connectivity index (χ3n) is 6.68. The Morgan fingerprint density at radius 1 is 0.553 bits per heavy atom. The standard InChI is InChI=1S/C35H28ClNO/c36-31-23-21-26(22-24-31)32(25-33(38)27-13-5-1-6-14-27)35(30-19-11-4-12-20-30)37-34(28-15-7-2-8-16-28)29-17-9-3-10-18-29/h1-24,32,35H,25H2/t32-,35+/m1/s1. The summed E-state index contributed by atoms with van der Waals surface area (Å²) in [5.41, 5.74) is 5.74. The predicted molar refractivity (Wildman–Crippen MR) is 157 cm³/mol. The normalized spacial score (nSPS) is 12.3. The molecule has 0 radical (unpaired) electrons. The number of carbonyl (C=O) groups excluding carboxylic acids is 1. The molecule has 3 heteroatoms. The van der Waals surface area contributed by atoms with Gasteiger partial charge in [0.1, 0.15) is 0 Å². The van der Waals surface area contributed by atoms with Crippen LogP contribution in [0.25, 0.3) is 0 Å². The zero-order chi connectivity index (χ0) is 26.2. The third kappa shape index (κ3) is 6.16. The molecule has 186 valence electrons. The average molecular weight is 514 g/mol. The van der Waals surface area contributed by atoms with Gasteiger partial charge in [-0.15, -0.1) is 0 Å². The van der Waals surface area contributed by atoms with E-state index in [1.165, 1.54) is 0 Å². The van der Waals surface area contributed by atoms with Crippen molar-refractivity contribution < 1.29 is 4.79 Å². The van der Waals surface area contributed by atoms with E-state index >= 15 is 0 Å². The number of rotatable bonds is 9. The highest BCUT2D eigenvalue weighted by molar-refractivity contribution is 6.30. The van der Waals surface area contributed by atoms with Crippen LogP contribution < -0.4 is 0 Å². The number of hydrogen-bond donors (Lipinski definition) is 0. The van der Waals surface area contributed by atoms with Crippen molar-refractivity contribution in [2.45, 2.75) is 18.4 Å². The number of hydrogen-bond acceptors (Lipinski definition) is 2. The zero-order valence-corrected chi connectivity index (χ0v) is 21.7. The molecule has 0 bridgehead atoms. The van der Waals surface area contributed by atoms with Crippen molar-refractivity contribution in [1.82, 2.24) is 0 Å². The van der Waals surface area contributed by atoms with Crippen molar-refractivity contribution in [2.24, 2.45) is 4.99 Å². The van der Waals surface area contributed by atoms with Crippen LogP contribution in [0, 0.1) is 0 Å². The van der Waals surface area contributed by atoms with Gasteiger partial charge in [0.05, 0.1) is 11.8 Å². The molecule has 0 N–H and O–H groups in total. The van der Waals surface area contributed by atoms with E-state index in [1.807, 2.05) is 109 Å². The summed E-state index contributed by atoms with van der Waals surface area (Å²) in [5.74, 6) is -0.118. The summed E-state index contributed by atoms with van der Waals surface area (Å²) >= 11 is 6.26. The monoisotopic (exact) mass is 513 g/mol. The number of carbonyl (C=O) groups is 1. The molecule has 0 heterocycles. The Labute approximate surface area is 229 Å². The van der Waals surface area contributed by atoms with Crippen LogP contribution in [-0.2, 0) is 0 Å². The zero-order valence-electron chi connectivity index (χ0n) is 21.0. The summed E-state index contributed by atoms with van der Waals surface area (Å²) in [6.45, 7) is 0. The summed E-state index contributed by atoms with van der Waals surface area (Å²) in [4.78, 5) is 19.0. The van der Waals surface area contributed by atoms with Crippen LogP contribution in [0.5, 0.6) is 0 Å². The van der Waals surface area contributed by atoms with E-state index in [-0.39, 0.29) is 17.7 Å². The molecule has 0 saturated carbocycles. The van der Waals surface area contributed by atoms with Crippen LogP contribution in [0.4, 0.5) is 0 Å². The molecule has 2 nitrogen and oxygen atoms in total. The Kier molecular flexibility index (Phi) is 8.23. The first-order valence-corrected chi connectivity index (χ1v) is 13.1. The molecular formula is C35H28ClNO. The van der Waals surface area contributed by atoms with E-state index in [4.69, 9.17) is 16.6 Å². The van der Waals surface area contributed by atoms with E-state index in [0.29, 0.717) is 17.0 Å². The number of ketones is 1. The van der Waals surface area contributed by atoms with Crippen LogP contribution in [0.1, 0.15) is 51.0 Å². The maximum atomic E-state index is 13.6. The first-order chi connectivity index (χ1) is 18.7. The maximum absolute atomic E-state index is 13.6. The molecule has 0 aliphatic heterocycles. The van der Waals surface area contributed by atoms with Crippen molar-refractivity contribution >= 4 is 23.1 Å². The molecule has 0 saturated heterocycles. The lowest BCUT2D eigenvalue weighted by Crippen LogP contribution is -2.17. The highest BCUT2D eigenvalue weighted by atomic mass is 35.5. The SMILES string of the molecule is O=C(C[C@H](c1ccc(Cl)cc1)[C@@H](N=C(c1ccccc1)c1ccccc1)c1ccccc1)c1ccccc1. The lowest BCUT2D eigenvalue weighted by molar-refractivity contribution is 0.0969. The molecule has 0 amide bonds. The molecule has 0 aliphatic rings. The molecule has 0 fully saturated rings. The van der Waals surface area contributed by atoms with E-state index in [1.54, 1.807) is 0 Å². The summed E-state index contributed by atoms with van der Waals surface area (Å²) in [5, 5.41) is 0.663. The van der Waals surface area contributed by atoms with Crippen molar-refractivity contribution in [2.75, 3.05) is 0 Å². The summed E-state index contributed by atoms with van der Waals surface area (Å²) < 4.78 is 0. The Morgan fingerprint density at radius 3 is 1.50 bits per heavy atom. The summed E-state index contributed by atoms with van der Waals surface area (Å²) in [6, 6.07) is 47.7. The Bertz CT molecular complexity index is 1440. The topological polar surface area (TPSA) is 29.4 Å². The van der Waals surface area contributed by atoms with E-state index < -0.39 is 0 Å². The van der Waals surface area contributed by atoms with Gasteiger partial charge in [-0.05, 0) is 23.3 Å². The fraction of sp³-hybridized carbons (Fsp3) is 0.0857.